The van der Waals surface area contributed by atoms with E-state index in [2.05, 4.69) is 5.32 Å². The SMILES string of the molecule is CC(=O)CC(=O)NC1COC1. The standard InChI is InChI=1S/C7H11NO3/c1-5(9)2-7(10)8-6-3-11-4-6/h6H,2-4H2,1H3,(H,8,10). The maximum Gasteiger partial charge on any atom is 0.227 e. The van der Waals surface area contributed by atoms with Gasteiger partial charge in [-0.3, -0.25) is 9.59 Å². The molecular formula is C7H11NO3. The summed E-state index contributed by atoms with van der Waals surface area (Å²) in [6.45, 7) is 2.55. The van der Waals surface area contributed by atoms with Gasteiger partial charge in [0.25, 0.3) is 0 Å². The highest BCUT2D eigenvalue weighted by molar-refractivity contribution is 5.96. The third-order valence-electron chi connectivity index (χ3n) is 1.41. The van der Waals surface area contributed by atoms with Gasteiger partial charge < -0.3 is 10.1 Å². The summed E-state index contributed by atoms with van der Waals surface area (Å²) >= 11 is 0. The van der Waals surface area contributed by atoms with E-state index in [-0.39, 0.29) is 24.2 Å². The van der Waals surface area contributed by atoms with Crippen LogP contribution in [0.3, 0.4) is 0 Å². The zero-order chi connectivity index (χ0) is 8.27. The smallest absolute Gasteiger partial charge is 0.227 e. The lowest BCUT2D eigenvalue weighted by molar-refractivity contribution is -0.130. The summed E-state index contributed by atoms with van der Waals surface area (Å²) < 4.78 is 4.84. The minimum absolute atomic E-state index is 0.0174. The number of carbonyl (C=O) groups excluding carboxylic acids is 2. The fraction of sp³-hybridized carbons (Fsp3) is 0.714. The van der Waals surface area contributed by atoms with Crippen LogP contribution in [0, 0.1) is 0 Å². The highest BCUT2D eigenvalue weighted by Crippen LogP contribution is 1.99. The number of amides is 1. The molecule has 1 fully saturated rings. The predicted octanol–water partition coefficient (Wildman–Crippen LogP) is -0.520. The molecule has 62 valence electrons. The van der Waals surface area contributed by atoms with Crippen molar-refractivity contribution in [2.24, 2.45) is 0 Å². The molecular weight excluding hydrogens is 146 g/mol. The third kappa shape index (κ3) is 2.67. The van der Waals surface area contributed by atoms with E-state index in [4.69, 9.17) is 4.74 Å². The second-order valence-corrected chi connectivity index (χ2v) is 2.68. The zero-order valence-electron chi connectivity index (χ0n) is 6.42. The minimum atomic E-state index is -0.203. The van der Waals surface area contributed by atoms with Crippen molar-refractivity contribution in [2.45, 2.75) is 19.4 Å². The number of Topliss-reactive ketones (excluding diaryl/α,β-unsaturated/α-hetero) is 1. The van der Waals surface area contributed by atoms with Gasteiger partial charge in [-0.05, 0) is 6.92 Å². The molecule has 1 heterocycles. The monoisotopic (exact) mass is 157 g/mol. The van der Waals surface area contributed by atoms with Crippen LogP contribution in [0.2, 0.25) is 0 Å². The van der Waals surface area contributed by atoms with Crippen molar-refractivity contribution in [1.82, 2.24) is 5.32 Å². The molecule has 0 unspecified atom stereocenters. The maximum absolute atomic E-state index is 10.9. The topological polar surface area (TPSA) is 55.4 Å². The Kier molecular flexibility index (Phi) is 2.59. The van der Waals surface area contributed by atoms with Gasteiger partial charge in [-0.1, -0.05) is 0 Å². The molecule has 0 radical (unpaired) electrons. The molecule has 1 N–H and O–H groups in total. The molecule has 11 heavy (non-hydrogen) atoms. The molecule has 0 aromatic heterocycles. The number of rotatable bonds is 3. The lowest BCUT2D eigenvalue weighted by Crippen LogP contribution is -2.48. The maximum atomic E-state index is 10.9. The van der Waals surface area contributed by atoms with E-state index < -0.39 is 0 Å². The average molecular weight is 157 g/mol. The molecule has 1 amide bonds. The quantitative estimate of drug-likeness (QED) is 0.561. The zero-order valence-corrected chi connectivity index (χ0v) is 6.42. The first-order chi connectivity index (χ1) is 5.18. The van der Waals surface area contributed by atoms with Gasteiger partial charge in [-0.15, -0.1) is 0 Å². The largest absolute Gasteiger partial charge is 0.377 e. The number of hydrogen-bond acceptors (Lipinski definition) is 3. The van der Waals surface area contributed by atoms with Crippen LogP contribution in [0.1, 0.15) is 13.3 Å². The van der Waals surface area contributed by atoms with Gasteiger partial charge in [0.2, 0.25) is 5.91 Å². The lowest BCUT2D eigenvalue weighted by atomic mass is 10.2. The van der Waals surface area contributed by atoms with Gasteiger partial charge in [-0.2, -0.15) is 0 Å². The Morgan fingerprint density at radius 1 is 1.55 bits per heavy atom. The molecule has 0 aromatic carbocycles. The number of hydrogen-bond donors (Lipinski definition) is 1. The Morgan fingerprint density at radius 3 is 2.55 bits per heavy atom. The van der Waals surface area contributed by atoms with Crippen molar-refractivity contribution in [2.75, 3.05) is 13.2 Å². The number of nitrogens with one attached hydrogen (secondary N) is 1. The van der Waals surface area contributed by atoms with Gasteiger partial charge >= 0.3 is 0 Å². The van der Waals surface area contributed by atoms with Crippen LogP contribution in [0.4, 0.5) is 0 Å². The highest BCUT2D eigenvalue weighted by Gasteiger charge is 2.20. The van der Waals surface area contributed by atoms with Crippen LogP contribution in [-0.4, -0.2) is 30.9 Å². The second-order valence-electron chi connectivity index (χ2n) is 2.68. The van der Waals surface area contributed by atoms with Crippen molar-refractivity contribution in [3.05, 3.63) is 0 Å². The van der Waals surface area contributed by atoms with Gasteiger partial charge in [-0.25, -0.2) is 0 Å². The number of ether oxygens (including phenoxy) is 1. The van der Waals surface area contributed by atoms with Crippen LogP contribution in [0.15, 0.2) is 0 Å². The molecule has 1 aliphatic heterocycles. The summed E-state index contributed by atoms with van der Waals surface area (Å²) in [6, 6.07) is 0.127. The summed E-state index contributed by atoms with van der Waals surface area (Å²) in [5, 5.41) is 2.66. The van der Waals surface area contributed by atoms with Gasteiger partial charge in [0.1, 0.15) is 5.78 Å². The van der Waals surface area contributed by atoms with Crippen molar-refractivity contribution < 1.29 is 14.3 Å². The molecule has 0 aromatic rings. The van der Waals surface area contributed by atoms with Gasteiger partial charge in [0.05, 0.1) is 25.7 Å². The van der Waals surface area contributed by atoms with Crippen LogP contribution in [0.5, 0.6) is 0 Å². The summed E-state index contributed by atoms with van der Waals surface area (Å²) in [7, 11) is 0. The molecule has 4 nitrogen and oxygen atoms in total. The molecule has 0 saturated carbocycles. The van der Waals surface area contributed by atoms with E-state index in [1.807, 2.05) is 0 Å². The Hall–Kier alpha value is -0.900. The summed E-state index contributed by atoms with van der Waals surface area (Å²) in [5.74, 6) is -0.312. The summed E-state index contributed by atoms with van der Waals surface area (Å²) in [4.78, 5) is 21.3. The first-order valence-corrected chi connectivity index (χ1v) is 3.55. The first kappa shape index (κ1) is 8.20. The van der Waals surface area contributed by atoms with E-state index in [0.29, 0.717) is 13.2 Å². The number of ketones is 1. The van der Waals surface area contributed by atoms with Gasteiger partial charge in [0, 0.05) is 0 Å². The number of carbonyl (C=O) groups is 2. The Labute approximate surface area is 64.9 Å². The fourth-order valence-corrected chi connectivity index (χ4v) is 0.824. The fourth-order valence-electron chi connectivity index (χ4n) is 0.824. The molecule has 0 atom stereocenters. The van der Waals surface area contributed by atoms with Crippen LogP contribution in [-0.2, 0) is 14.3 Å². The third-order valence-corrected chi connectivity index (χ3v) is 1.41. The Bertz CT molecular complexity index is 175. The first-order valence-electron chi connectivity index (χ1n) is 3.55. The van der Waals surface area contributed by atoms with Crippen molar-refractivity contribution in [3.63, 3.8) is 0 Å². The van der Waals surface area contributed by atoms with Crippen LogP contribution in [0.25, 0.3) is 0 Å². The van der Waals surface area contributed by atoms with E-state index in [0.717, 1.165) is 0 Å². The van der Waals surface area contributed by atoms with Crippen molar-refractivity contribution in [3.8, 4) is 0 Å². The van der Waals surface area contributed by atoms with Crippen LogP contribution < -0.4 is 5.32 Å². The molecule has 0 bridgehead atoms. The van der Waals surface area contributed by atoms with Crippen molar-refractivity contribution in [1.29, 1.82) is 0 Å². The molecule has 1 saturated heterocycles. The Morgan fingerprint density at radius 2 is 2.18 bits per heavy atom. The molecule has 1 aliphatic rings. The van der Waals surface area contributed by atoms with E-state index in [1.54, 1.807) is 0 Å². The molecule has 4 heteroatoms. The molecule has 0 spiro atoms. The van der Waals surface area contributed by atoms with Crippen molar-refractivity contribution >= 4 is 11.7 Å². The summed E-state index contributed by atoms with van der Waals surface area (Å²) in [5.41, 5.74) is 0. The molecule has 0 aliphatic carbocycles. The molecule has 1 rings (SSSR count). The van der Waals surface area contributed by atoms with Crippen LogP contribution >= 0.6 is 0 Å². The van der Waals surface area contributed by atoms with E-state index >= 15 is 0 Å². The Balaban J connectivity index is 2.14. The van der Waals surface area contributed by atoms with E-state index in [9.17, 15) is 9.59 Å². The second kappa shape index (κ2) is 3.48. The van der Waals surface area contributed by atoms with Gasteiger partial charge in [0.15, 0.2) is 0 Å². The predicted molar refractivity (Wildman–Crippen MR) is 38.0 cm³/mol. The van der Waals surface area contributed by atoms with E-state index in [1.165, 1.54) is 6.92 Å². The minimum Gasteiger partial charge on any atom is -0.377 e. The highest BCUT2D eigenvalue weighted by atomic mass is 16.5. The average Bonchev–Trinajstić information content (AvgIpc) is 1.77. The summed E-state index contributed by atoms with van der Waals surface area (Å²) in [6.07, 6.45) is -0.0174. The normalized spacial score (nSPS) is 17.2. The lowest BCUT2D eigenvalue weighted by Gasteiger charge is -2.26.